The number of ether oxygens (including phenoxy) is 1. The summed E-state index contributed by atoms with van der Waals surface area (Å²) in [5, 5.41) is 13.6. The van der Waals surface area contributed by atoms with Crippen LogP contribution < -0.4 is 5.32 Å². The number of aromatic nitrogens is 4. The van der Waals surface area contributed by atoms with E-state index in [1.807, 2.05) is 42.1 Å². The van der Waals surface area contributed by atoms with Crippen LogP contribution in [0.3, 0.4) is 0 Å². The fourth-order valence-electron chi connectivity index (χ4n) is 5.82. The minimum atomic E-state index is -0.0791. The Morgan fingerprint density at radius 1 is 1.10 bits per heavy atom. The lowest BCUT2D eigenvalue weighted by molar-refractivity contribution is -0.0367. The predicted octanol–water partition coefficient (Wildman–Crippen LogP) is 6.49. The Morgan fingerprint density at radius 2 is 1.98 bits per heavy atom. The molecule has 9 heteroatoms. The van der Waals surface area contributed by atoms with Crippen LogP contribution in [0.1, 0.15) is 73.3 Å². The van der Waals surface area contributed by atoms with Gasteiger partial charge in [0.05, 0.1) is 23.0 Å². The van der Waals surface area contributed by atoms with Crippen molar-refractivity contribution >= 4 is 40.7 Å². The van der Waals surface area contributed by atoms with Crippen molar-refractivity contribution in [3.8, 4) is 0 Å². The van der Waals surface area contributed by atoms with Crippen LogP contribution in [0.2, 0.25) is 0 Å². The van der Waals surface area contributed by atoms with E-state index >= 15 is 0 Å². The number of carbonyl (C=O) groups is 1. The van der Waals surface area contributed by atoms with Crippen molar-refractivity contribution in [3.05, 3.63) is 71.7 Å². The van der Waals surface area contributed by atoms with Gasteiger partial charge in [-0.2, -0.15) is 10.2 Å². The summed E-state index contributed by atoms with van der Waals surface area (Å²) in [7, 11) is 0. The lowest BCUT2D eigenvalue weighted by Crippen LogP contribution is -2.23. The number of rotatable bonds is 11. The van der Waals surface area contributed by atoms with Gasteiger partial charge in [0.2, 0.25) is 0 Å². The standard InChI is InChI=1S/C33H40N6O2S/c1-2-34-33(40)28-10-3-4-11-31(28)42-26-14-15-27-29(36-39(30(27)22-26)32-12-5-8-21-41-32)16-13-25-23-35-38(24-25)20-9-19-37-17-6-7-18-37/h3-4,10-11,13-16,22-24,32H,2,5-9,12,17-21H2,1H3,(H,34,40)/b16-13+. The van der Waals surface area contributed by atoms with Gasteiger partial charge < -0.3 is 15.0 Å². The van der Waals surface area contributed by atoms with Gasteiger partial charge in [0.15, 0.2) is 6.23 Å². The van der Waals surface area contributed by atoms with E-state index in [2.05, 4.69) is 56.5 Å². The van der Waals surface area contributed by atoms with E-state index in [9.17, 15) is 4.79 Å². The van der Waals surface area contributed by atoms with Crippen molar-refractivity contribution in [1.82, 2.24) is 29.8 Å². The average molecular weight is 585 g/mol. The molecule has 0 saturated carbocycles. The Balaban J connectivity index is 1.23. The minimum absolute atomic E-state index is 0.0512. The number of nitrogens with one attached hydrogen (secondary N) is 1. The van der Waals surface area contributed by atoms with Crippen LogP contribution in [0.25, 0.3) is 23.1 Å². The van der Waals surface area contributed by atoms with Crippen LogP contribution in [0, 0.1) is 0 Å². The molecule has 2 fully saturated rings. The zero-order valence-corrected chi connectivity index (χ0v) is 25.2. The predicted molar refractivity (Wildman–Crippen MR) is 169 cm³/mol. The molecule has 1 amide bonds. The average Bonchev–Trinajstić information content (AvgIpc) is 3.78. The second-order valence-electron chi connectivity index (χ2n) is 11.1. The summed E-state index contributed by atoms with van der Waals surface area (Å²) in [6.07, 6.45) is 15.1. The smallest absolute Gasteiger partial charge is 0.252 e. The molecule has 8 nitrogen and oxygen atoms in total. The number of hydrogen-bond donors (Lipinski definition) is 1. The summed E-state index contributed by atoms with van der Waals surface area (Å²) in [6.45, 7) is 7.85. The largest absolute Gasteiger partial charge is 0.356 e. The third kappa shape index (κ3) is 6.80. The van der Waals surface area contributed by atoms with Gasteiger partial charge >= 0.3 is 0 Å². The van der Waals surface area contributed by atoms with E-state index in [0.717, 1.165) is 77.3 Å². The monoisotopic (exact) mass is 584 g/mol. The molecule has 0 spiro atoms. The zero-order chi connectivity index (χ0) is 28.7. The number of fused-ring (bicyclic) bond motifs is 1. The molecule has 6 rings (SSSR count). The highest BCUT2D eigenvalue weighted by atomic mass is 32.2. The highest BCUT2D eigenvalue weighted by Gasteiger charge is 2.21. The third-order valence-corrected chi connectivity index (χ3v) is 9.05. The second kappa shape index (κ2) is 13.7. The van der Waals surface area contributed by atoms with Crippen molar-refractivity contribution in [3.63, 3.8) is 0 Å². The van der Waals surface area contributed by atoms with E-state index in [0.29, 0.717) is 12.1 Å². The maximum absolute atomic E-state index is 12.7. The van der Waals surface area contributed by atoms with Gasteiger partial charge in [-0.1, -0.05) is 23.9 Å². The Morgan fingerprint density at radius 3 is 2.81 bits per heavy atom. The normalized spacial score (nSPS) is 17.9. The first-order valence-corrected chi connectivity index (χ1v) is 16.1. The molecule has 1 atom stereocenters. The summed E-state index contributed by atoms with van der Waals surface area (Å²) in [4.78, 5) is 17.2. The number of amides is 1. The van der Waals surface area contributed by atoms with Crippen molar-refractivity contribution in [1.29, 1.82) is 0 Å². The van der Waals surface area contributed by atoms with Crippen LogP contribution in [-0.4, -0.2) is 63.2 Å². The van der Waals surface area contributed by atoms with Gasteiger partial charge in [0, 0.05) is 46.6 Å². The molecule has 2 saturated heterocycles. The second-order valence-corrected chi connectivity index (χ2v) is 12.2. The van der Waals surface area contributed by atoms with Gasteiger partial charge in [0.1, 0.15) is 0 Å². The lowest BCUT2D eigenvalue weighted by atomic mass is 10.1. The number of carbonyl (C=O) groups excluding carboxylic acids is 1. The van der Waals surface area contributed by atoms with Crippen LogP contribution in [0.4, 0.5) is 0 Å². The molecule has 4 aromatic rings. The maximum atomic E-state index is 12.7. The Hall–Kier alpha value is -3.40. The van der Waals surface area contributed by atoms with Gasteiger partial charge in [-0.3, -0.25) is 9.48 Å². The van der Waals surface area contributed by atoms with Gasteiger partial charge in [0.25, 0.3) is 5.91 Å². The summed E-state index contributed by atoms with van der Waals surface area (Å²) in [5.41, 5.74) is 3.72. The first kappa shape index (κ1) is 28.7. The summed E-state index contributed by atoms with van der Waals surface area (Å²) < 4.78 is 10.3. The molecule has 220 valence electrons. The summed E-state index contributed by atoms with van der Waals surface area (Å²) in [6, 6.07) is 14.2. The molecule has 2 aliphatic heterocycles. The Bertz CT molecular complexity index is 1530. The molecule has 42 heavy (non-hydrogen) atoms. The third-order valence-electron chi connectivity index (χ3n) is 7.98. The number of hydrogen-bond acceptors (Lipinski definition) is 6. The molecule has 2 aliphatic rings. The van der Waals surface area contributed by atoms with E-state index in [1.165, 1.54) is 25.9 Å². The van der Waals surface area contributed by atoms with E-state index < -0.39 is 0 Å². The molecule has 2 aromatic carbocycles. The van der Waals surface area contributed by atoms with Crippen LogP contribution >= 0.6 is 11.8 Å². The van der Waals surface area contributed by atoms with Crippen molar-refractivity contribution < 1.29 is 9.53 Å². The SMILES string of the molecule is CCNC(=O)c1ccccc1Sc1ccc2c(/C=C/c3cnn(CCCN4CCCC4)c3)nn(C3CCCCO3)c2c1. The van der Waals surface area contributed by atoms with Crippen molar-refractivity contribution in [2.75, 3.05) is 32.8 Å². The van der Waals surface area contributed by atoms with E-state index in [1.54, 1.807) is 11.8 Å². The molecule has 0 bridgehead atoms. The molecule has 2 aromatic heterocycles. The summed E-state index contributed by atoms with van der Waals surface area (Å²) in [5.74, 6) is -0.0512. The van der Waals surface area contributed by atoms with E-state index in [4.69, 9.17) is 9.84 Å². The van der Waals surface area contributed by atoms with Gasteiger partial charge in [-0.15, -0.1) is 0 Å². The maximum Gasteiger partial charge on any atom is 0.252 e. The number of nitrogens with zero attached hydrogens (tertiary/aromatic N) is 5. The lowest BCUT2D eigenvalue weighted by Gasteiger charge is -2.23. The molecule has 1 unspecified atom stereocenters. The fourth-order valence-corrected chi connectivity index (χ4v) is 6.79. The number of aryl methyl sites for hydroxylation is 1. The van der Waals surface area contributed by atoms with E-state index in [-0.39, 0.29) is 12.1 Å². The van der Waals surface area contributed by atoms with Crippen molar-refractivity contribution in [2.45, 2.75) is 68.0 Å². The highest BCUT2D eigenvalue weighted by molar-refractivity contribution is 7.99. The molecular formula is C33H40N6O2S. The molecule has 0 radical (unpaired) electrons. The Labute approximate surface area is 252 Å². The molecule has 1 N–H and O–H groups in total. The topological polar surface area (TPSA) is 77.2 Å². The number of likely N-dealkylation sites (tertiary alicyclic amines) is 1. The van der Waals surface area contributed by atoms with Gasteiger partial charge in [-0.05, 0) is 108 Å². The molecule has 4 heterocycles. The molecular weight excluding hydrogens is 544 g/mol. The van der Waals surface area contributed by atoms with Gasteiger partial charge in [-0.25, -0.2) is 4.68 Å². The summed E-state index contributed by atoms with van der Waals surface area (Å²) >= 11 is 1.60. The number of benzene rings is 2. The first-order valence-electron chi connectivity index (χ1n) is 15.3. The fraction of sp³-hybridized carbons (Fsp3) is 0.424. The Kier molecular flexibility index (Phi) is 9.37. The van der Waals surface area contributed by atoms with Crippen LogP contribution in [0.5, 0.6) is 0 Å². The quantitative estimate of drug-likeness (QED) is 0.217. The zero-order valence-electron chi connectivity index (χ0n) is 24.4. The van der Waals surface area contributed by atoms with Crippen molar-refractivity contribution in [2.24, 2.45) is 0 Å². The van der Waals surface area contributed by atoms with Crippen LogP contribution in [0.15, 0.2) is 64.6 Å². The highest BCUT2D eigenvalue weighted by Crippen LogP contribution is 2.35. The molecule has 0 aliphatic carbocycles. The first-order chi connectivity index (χ1) is 20.7. The minimum Gasteiger partial charge on any atom is -0.356 e. The van der Waals surface area contributed by atoms with Crippen LogP contribution in [-0.2, 0) is 11.3 Å².